The van der Waals surface area contributed by atoms with Crippen LogP contribution in [0.5, 0.6) is 5.75 Å². The quantitative estimate of drug-likeness (QED) is 0.772. The monoisotopic (exact) mass is 410 g/mol. The van der Waals surface area contributed by atoms with E-state index in [2.05, 4.69) is 9.80 Å². The summed E-state index contributed by atoms with van der Waals surface area (Å²) in [5.41, 5.74) is 14.3. The van der Waals surface area contributed by atoms with Crippen LogP contribution >= 0.6 is 0 Å². The number of ether oxygens (including phenoxy) is 2. The average Bonchev–Trinajstić information content (AvgIpc) is 2.80. The van der Waals surface area contributed by atoms with Gasteiger partial charge in [-0.15, -0.1) is 0 Å². The first-order chi connectivity index (χ1) is 14.6. The molecule has 0 amide bonds. The minimum Gasteiger partial charge on any atom is -0.497 e. The highest BCUT2D eigenvalue weighted by Gasteiger charge is 2.24. The molecule has 2 aromatic rings. The molecule has 3 heterocycles. The van der Waals surface area contributed by atoms with Crippen LogP contribution in [0.4, 0.5) is 17.3 Å². The Balaban J connectivity index is 1.65. The first kappa shape index (κ1) is 20.4. The van der Waals surface area contributed by atoms with E-state index in [1.807, 2.05) is 36.4 Å². The highest BCUT2D eigenvalue weighted by molar-refractivity contribution is 5.79. The highest BCUT2D eigenvalue weighted by Crippen LogP contribution is 2.32. The van der Waals surface area contributed by atoms with Crippen molar-refractivity contribution in [2.45, 2.75) is 18.9 Å². The smallest absolute Gasteiger partial charge is 0.158 e. The van der Waals surface area contributed by atoms with Crippen LogP contribution in [0, 0.1) is 0 Å². The number of methoxy groups -OCH3 is 1. The third-order valence-corrected chi connectivity index (χ3v) is 5.61. The Hall–Kier alpha value is -2.84. The zero-order valence-corrected chi connectivity index (χ0v) is 17.5. The van der Waals surface area contributed by atoms with Crippen molar-refractivity contribution < 1.29 is 9.47 Å². The largest absolute Gasteiger partial charge is 0.497 e. The number of anilines is 3. The summed E-state index contributed by atoms with van der Waals surface area (Å²) in [4.78, 5) is 14.0. The number of nitrogens with two attached hydrogens (primary N) is 2. The maximum atomic E-state index is 6.57. The van der Waals surface area contributed by atoms with E-state index in [4.69, 9.17) is 30.9 Å². The third kappa shape index (κ3) is 4.66. The Kier molecular flexibility index (Phi) is 6.35. The van der Waals surface area contributed by atoms with Gasteiger partial charge in [-0.05, 0) is 36.6 Å². The van der Waals surface area contributed by atoms with Crippen LogP contribution in [0.25, 0.3) is 12.2 Å². The molecule has 0 atom stereocenters. The van der Waals surface area contributed by atoms with Gasteiger partial charge in [-0.2, -0.15) is 0 Å². The zero-order valence-electron chi connectivity index (χ0n) is 17.5. The molecule has 8 nitrogen and oxygen atoms in total. The number of piperidine rings is 1. The van der Waals surface area contributed by atoms with Crippen LogP contribution in [0.1, 0.15) is 24.2 Å². The summed E-state index contributed by atoms with van der Waals surface area (Å²) in [5, 5.41) is 0. The van der Waals surface area contributed by atoms with Gasteiger partial charge in [0.05, 0.1) is 20.3 Å². The van der Waals surface area contributed by atoms with Crippen LogP contribution in [0.3, 0.4) is 0 Å². The van der Waals surface area contributed by atoms with Gasteiger partial charge in [-0.3, -0.25) is 0 Å². The summed E-state index contributed by atoms with van der Waals surface area (Å²) >= 11 is 0. The van der Waals surface area contributed by atoms with E-state index >= 15 is 0 Å². The van der Waals surface area contributed by atoms with Gasteiger partial charge in [-0.25, -0.2) is 9.97 Å². The molecule has 0 spiro atoms. The second-order valence-electron chi connectivity index (χ2n) is 7.67. The summed E-state index contributed by atoms with van der Waals surface area (Å²) in [6.07, 6.45) is 5.81. The minimum absolute atomic E-state index is 0.248. The van der Waals surface area contributed by atoms with Gasteiger partial charge in [0.1, 0.15) is 11.4 Å². The normalized spacial score (nSPS) is 18.2. The summed E-state index contributed by atoms with van der Waals surface area (Å²) in [7, 11) is 1.66. The van der Waals surface area contributed by atoms with Crippen molar-refractivity contribution in [1.82, 2.24) is 9.97 Å². The van der Waals surface area contributed by atoms with Gasteiger partial charge in [0.15, 0.2) is 17.5 Å². The molecule has 160 valence electrons. The lowest BCUT2D eigenvalue weighted by atomic mass is 10.1. The molecule has 30 heavy (non-hydrogen) atoms. The number of rotatable bonds is 5. The van der Waals surface area contributed by atoms with Crippen molar-refractivity contribution in [3.05, 3.63) is 35.7 Å². The maximum absolute atomic E-state index is 6.57. The molecule has 4 N–H and O–H groups in total. The fraction of sp³-hybridized carbons (Fsp3) is 0.455. The van der Waals surface area contributed by atoms with Crippen LogP contribution in [-0.4, -0.2) is 62.5 Å². The summed E-state index contributed by atoms with van der Waals surface area (Å²) in [5.74, 6) is 3.06. The Bertz CT molecular complexity index is 872. The fourth-order valence-electron chi connectivity index (χ4n) is 3.79. The standard InChI is InChI=1S/C22H30N6O2/c1-29-18-5-2-16(3-6-18)4-7-19-25-21(27-10-8-17(23)9-11-27)20(24)22(26-19)28-12-14-30-15-13-28/h2-7,17H,8-15,23-24H2,1H3/b7-4+. The first-order valence-electron chi connectivity index (χ1n) is 10.5. The van der Waals surface area contributed by atoms with Gasteiger partial charge in [0.25, 0.3) is 0 Å². The Morgan fingerprint density at radius 3 is 2.17 bits per heavy atom. The molecule has 1 aromatic heterocycles. The molecule has 0 saturated carbocycles. The molecule has 8 heteroatoms. The number of nitrogen functional groups attached to an aromatic ring is 1. The predicted octanol–water partition coefficient (Wildman–Crippen LogP) is 2.00. The van der Waals surface area contributed by atoms with E-state index in [-0.39, 0.29) is 6.04 Å². The van der Waals surface area contributed by atoms with E-state index in [1.165, 1.54) is 0 Å². The molecule has 0 bridgehead atoms. The van der Waals surface area contributed by atoms with Crippen molar-refractivity contribution in [1.29, 1.82) is 0 Å². The Morgan fingerprint density at radius 1 is 0.967 bits per heavy atom. The lowest BCUT2D eigenvalue weighted by Crippen LogP contribution is -2.41. The summed E-state index contributed by atoms with van der Waals surface area (Å²) < 4.78 is 10.7. The highest BCUT2D eigenvalue weighted by atomic mass is 16.5. The molecule has 4 rings (SSSR count). The van der Waals surface area contributed by atoms with Crippen LogP contribution < -0.4 is 26.0 Å². The molecular formula is C22H30N6O2. The molecule has 0 aliphatic carbocycles. The molecule has 1 aromatic carbocycles. The Morgan fingerprint density at radius 2 is 1.57 bits per heavy atom. The van der Waals surface area contributed by atoms with Crippen LogP contribution in [0.15, 0.2) is 24.3 Å². The van der Waals surface area contributed by atoms with E-state index < -0.39 is 0 Å². The SMILES string of the molecule is COc1ccc(/C=C/c2nc(N3CCOCC3)c(N)c(N3CCC(N)CC3)n2)cc1. The topological polar surface area (TPSA) is 103 Å². The number of hydrogen-bond donors (Lipinski definition) is 2. The molecule has 2 aliphatic heterocycles. The van der Waals surface area contributed by atoms with Crippen LogP contribution in [0.2, 0.25) is 0 Å². The third-order valence-electron chi connectivity index (χ3n) is 5.61. The van der Waals surface area contributed by atoms with E-state index in [0.29, 0.717) is 24.7 Å². The second kappa shape index (κ2) is 9.32. The number of morpholine rings is 1. The Labute approximate surface area is 177 Å². The lowest BCUT2D eigenvalue weighted by molar-refractivity contribution is 0.122. The van der Waals surface area contributed by atoms with Crippen molar-refractivity contribution in [2.75, 3.05) is 62.0 Å². The van der Waals surface area contributed by atoms with Crippen molar-refractivity contribution in [3.8, 4) is 5.75 Å². The minimum atomic E-state index is 0.248. The number of nitrogens with zero attached hydrogens (tertiary/aromatic N) is 4. The molecular weight excluding hydrogens is 380 g/mol. The van der Waals surface area contributed by atoms with E-state index in [9.17, 15) is 0 Å². The number of hydrogen-bond acceptors (Lipinski definition) is 8. The van der Waals surface area contributed by atoms with Gasteiger partial charge in [0.2, 0.25) is 0 Å². The maximum Gasteiger partial charge on any atom is 0.158 e. The molecule has 2 saturated heterocycles. The molecule has 0 unspecified atom stereocenters. The van der Waals surface area contributed by atoms with Crippen molar-refractivity contribution >= 4 is 29.5 Å². The van der Waals surface area contributed by atoms with Gasteiger partial charge >= 0.3 is 0 Å². The molecule has 0 radical (unpaired) electrons. The average molecular weight is 411 g/mol. The number of benzene rings is 1. The van der Waals surface area contributed by atoms with Gasteiger partial charge in [0, 0.05) is 32.2 Å². The van der Waals surface area contributed by atoms with E-state index in [0.717, 1.165) is 62.0 Å². The van der Waals surface area contributed by atoms with Gasteiger partial charge < -0.3 is 30.7 Å². The second-order valence-corrected chi connectivity index (χ2v) is 7.67. The fourth-order valence-corrected chi connectivity index (χ4v) is 3.79. The molecule has 2 fully saturated rings. The van der Waals surface area contributed by atoms with Crippen molar-refractivity contribution in [2.24, 2.45) is 5.73 Å². The van der Waals surface area contributed by atoms with Crippen molar-refractivity contribution in [3.63, 3.8) is 0 Å². The van der Waals surface area contributed by atoms with Gasteiger partial charge in [-0.1, -0.05) is 18.2 Å². The number of aromatic nitrogens is 2. The zero-order chi connectivity index (χ0) is 20.9. The molecule has 2 aliphatic rings. The first-order valence-corrected chi connectivity index (χ1v) is 10.5. The van der Waals surface area contributed by atoms with E-state index in [1.54, 1.807) is 7.11 Å². The summed E-state index contributed by atoms with van der Waals surface area (Å²) in [6.45, 7) is 4.60. The lowest BCUT2D eigenvalue weighted by Gasteiger charge is -2.34. The predicted molar refractivity (Wildman–Crippen MR) is 121 cm³/mol. The summed E-state index contributed by atoms with van der Waals surface area (Å²) in [6, 6.07) is 8.12. The van der Waals surface area contributed by atoms with Crippen LogP contribution in [-0.2, 0) is 4.74 Å².